The van der Waals surface area contributed by atoms with Gasteiger partial charge in [-0.1, -0.05) is 42.5 Å². The van der Waals surface area contributed by atoms with Crippen molar-refractivity contribution in [2.24, 2.45) is 0 Å². The molecule has 0 aliphatic carbocycles. The zero-order chi connectivity index (χ0) is 22.5. The molecule has 0 saturated carbocycles. The molecule has 2 aromatic carbocycles. The maximum absolute atomic E-state index is 9.55. The summed E-state index contributed by atoms with van der Waals surface area (Å²) in [6.07, 6.45) is 3.55. The van der Waals surface area contributed by atoms with Crippen molar-refractivity contribution in [3.8, 4) is 5.75 Å². The van der Waals surface area contributed by atoms with Crippen molar-refractivity contribution in [3.05, 3.63) is 77.9 Å². The molecule has 1 aliphatic heterocycles. The van der Waals surface area contributed by atoms with Crippen molar-refractivity contribution in [2.45, 2.75) is 32.0 Å². The summed E-state index contributed by atoms with van der Waals surface area (Å²) < 4.78 is 12.0. The first-order valence-corrected chi connectivity index (χ1v) is 10.3. The number of nitrogens with one attached hydrogen (secondary N) is 1. The molecule has 3 rings (SSSR count). The summed E-state index contributed by atoms with van der Waals surface area (Å²) in [5, 5.41) is 19.0. The van der Waals surface area contributed by atoms with Crippen LogP contribution in [-0.2, 0) is 14.3 Å². The zero-order valence-electron chi connectivity index (χ0n) is 17.6. The van der Waals surface area contributed by atoms with Gasteiger partial charge in [0, 0.05) is 12.2 Å². The summed E-state index contributed by atoms with van der Waals surface area (Å²) in [6, 6.07) is 18.8. The molecule has 7 nitrogen and oxygen atoms in total. The predicted molar refractivity (Wildman–Crippen MR) is 117 cm³/mol. The van der Waals surface area contributed by atoms with Gasteiger partial charge in [0.25, 0.3) is 0 Å². The Morgan fingerprint density at radius 2 is 1.52 bits per heavy atom. The van der Waals surface area contributed by atoms with E-state index in [1.54, 1.807) is 0 Å². The highest BCUT2D eigenvalue weighted by atomic mass is 16.5. The van der Waals surface area contributed by atoms with E-state index in [4.69, 9.17) is 19.7 Å². The summed E-state index contributed by atoms with van der Waals surface area (Å²) in [6.45, 7) is 4.76. The normalized spacial score (nSPS) is 15.0. The maximum Gasteiger partial charge on any atom is 0.328 e. The van der Waals surface area contributed by atoms with Gasteiger partial charge in [-0.15, -0.1) is 0 Å². The van der Waals surface area contributed by atoms with Gasteiger partial charge in [-0.05, 0) is 56.1 Å². The molecule has 1 unspecified atom stereocenters. The number of carboxylic acid groups (broad SMARTS) is 2. The highest BCUT2D eigenvalue weighted by molar-refractivity contribution is 5.89. The van der Waals surface area contributed by atoms with Crippen LogP contribution >= 0.6 is 0 Å². The largest absolute Gasteiger partial charge is 0.494 e. The summed E-state index contributed by atoms with van der Waals surface area (Å²) in [4.78, 5) is 19.1. The van der Waals surface area contributed by atoms with Crippen LogP contribution in [0, 0.1) is 0 Å². The number of carbonyl (C=O) groups is 2. The molecule has 7 heteroatoms. The minimum atomic E-state index is -1.26. The zero-order valence-corrected chi connectivity index (χ0v) is 17.6. The lowest BCUT2D eigenvalue weighted by Gasteiger charge is -2.28. The molecular formula is C24H29NO6. The molecule has 1 fully saturated rings. The number of benzene rings is 2. The van der Waals surface area contributed by atoms with Crippen molar-refractivity contribution in [1.29, 1.82) is 0 Å². The second kappa shape index (κ2) is 13.2. The fraction of sp³-hybridized carbons (Fsp3) is 0.333. The van der Waals surface area contributed by atoms with Crippen molar-refractivity contribution in [1.82, 2.24) is 5.32 Å². The van der Waals surface area contributed by atoms with Crippen LogP contribution in [-0.4, -0.2) is 48.0 Å². The van der Waals surface area contributed by atoms with E-state index in [2.05, 4.69) is 41.7 Å². The molecule has 1 atom stereocenters. The highest BCUT2D eigenvalue weighted by Gasteiger charge is 2.21. The Balaban J connectivity index is 0.000000366. The van der Waals surface area contributed by atoms with E-state index in [1.165, 1.54) is 11.1 Å². The van der Waals surface area contributed by atoms with E-state index in [9.17, 15) is 9.59 Å². The Bertz CT molecular complexity index is 813. The maximum atomic E-state index is 9.55. The number of rotatable bonds is 8. The van der Waals surface area contributed by atoms with Gasteiger partial charge in [0.2, 0.25) is 0 Å². The van der Waals surface area contributed by atoms with Gasteiger partial charge in [-0.2, -0.15) is 0 Å². The molecule has 166 valence electrons. The number of aliphatic carboxylic acids is 2. The van der Waals surface area contributed by atoms with Crippen molar-refractivity contribution in [2.75, 3.05) is 19.7 Å². The van der Waals surface area contributed by atoms with Gasteiger partial charge in [0.15, 0.2) is 0 Å². The first kappa shape index (κ1) is 24.1. The van der Waals surface area contributed by atoms with E-state index in [1.807, 2.05) is 25.1 Å². The van der Waals surface area contributed by atoms with Crippen LogP contribution < -0.4 is 10.1 Å². The summed E-state index contributed by atoms with van der Waals surface area (Å²) >= 11 is 0. The molecule has 0 spiro atoms. The van der Waals surface area contributed by atoms with E-state index in [-0.39, 0.29) is 6.10 Å². The van der Waals surface area contributed by atoms with Crippen molar-refractivity contribution < 1.29 is 29.3 Å². The third kappa shape index (κ3) is 9.02. The van der Waals surface area contributed by atoms with E-state index in [0.29, 0.717) is 24.9 Å². The fourth-order valence-electron chi connectivity index (χ4n) is 3.15. The molecule has 2 aromatic rings. The number of carboxylic acids is 2. The van der Waals surface area contributed by atoms with E-state index < -0.39 is 11.9 Å². The van der Waals surface area contributed by atoms with Crippen LogP contribution in [0.4, 0.5) is 0 Å². The molecule has 31 heavy (non-hydrogen) atoms. The standard InChI is InChI=1S/C20H25NO2.C4H4O4/c1-2-22-18-10-8-17(9-11-18)20(16-6-4-3-5-7-16)23-19-12-14-21-15-13-19;5-3(6)1-2-4(7)8/h3-11,19-21H,2,12-15H2,1H3;1-2H,(H,5,6)(H,7,8)/b;2-1+. The van der Waals surface area contributed by atoms with Gasteiger partial charge < -0.3 is 25.0 Å². The van der Waals surface area contributed by atoms with Gasteiger partial charge >= 0.3 is 11.9 Å². The first-order chi connectivity index (χ1) is 15.0. The van der Waals surface area contributed by atoms with E-state index in [0.717, 1.165) is 31.7 Å². The molecule has 0 amide bonds. The van der Waals surface area contributed by atoms with Crippen LogP contribution in [0.3, 0.4) is 0 Å². The molecule has 1 heterocycles. The summed E-state index contributed by atoms with van der Waals surface area (Å²) in [5.74, 6) is -1.61. The number of piperidine rings is 1. The third-order valence-electron chi connectivity index (χ3n) is 4.58. The first-order valence-electron chi connectivity index (χ1n) is 10.3. The second-order valence-electron chi connectivity index (χ2n) is 6.89. The quantitative estimate of drug-likeness (QED) is 0.552. The Morgan fingerprint density at radius 3 is 2.03 bits per heavy atom. The fourth-order valence-corrected chi connectivity index (χ4v) is 3.15. The smallest absolute Gasteiger partial charge is 0.328 e. The molecule has 0 radical (unpaired) electrons. The minimum Gasteiger partial charge on any atom is -0.494 e. The van der Waals surface area contributed by atoms with Crippen molar-refractivity contribution >= 4 is 11.9 Å². The summed E-state index contributed by atoms with van der Waals surface area (Å²) in [7, 11) is 0. The molecule has 0 bridgehead atoms. The molecular weight excluding hydrogens is 398 g/mol. The van der Waals surface area contributed by atoms with Gasteiger partial charge in [-0.3, -0.25) is 0 Å². The summed E-state index contributed by atoms with van der Waals surface area (Å²) in [5.41, 5.74) is 2.38. The van der Waals surface area contributed by atoms with E-state index >= 15 is 0 Å². The molecule has 3 N–H and O–H groups in total. The second-order valence-corrected chi connectivity index (χ2v) is 6.89. The lowest BCUT2D eigenvalue weighted by molar-refractivity contribution is -0.134. The van der Waals surface area contributed by atoms with Gasteiger partial charge in [-0.25, -0.2) is 9.59 Å². The Labute approximate surface area is 182 Å². The van der Waals surface area contributed by atoms with Crippen LogP contribution in [0.1, 0.15) is 37.0 Å². The molecule has 1 aliphatic rings. The lowest BCUT2D eigenvalue weighted by atomic mass is 10.00. The number of ether oxygens (including phenoxy) is 2. The topological polar surface area (TPSA) is 105 Å². The van der Waals surface area contributed by atoms with Crippen LogP contribution in [0.25, 0.3) is 0 Å². The van der Waals surface area contributed by atoms with Crippen LogP contribution in [0.15, 0.2) is 66.7 Å². The Morgan fingerprint density at radius 1 is 0.968 bits per heavy atom. The Kier molecular flexibility index (Phi) is 10.3. The Hall–Kier alpha value is -3.16. The monoisotopic (exact) mass is 427 g/mol. The number of hydrogen-bond acceptors (Lipinski definition) is 5. The van der Waals surface area contributed by atoms with Crippen LogP contribution in [0.2, 0.25) is 0 Å². The minimum absolute atomic E-state index is 0.0185. The highest BCUT2D eigenvalue weighted by Crippen LogP contribution is 2.30. The average Bonchev–Trinajstić information content (AvgIpc) is 2.79. The van der Waals surface area contributed by atoms with Crippen LogP contribution in [0.5, 0.6) is 5.75 Å². The SMILES string of the molecule is CCOc1ccc(C(OC2CCNCC2)c2ccccc2)cc1.O=C(O)/C=C/C(=O)O. The third-order valence-corrected chi connectivity index (χ3v) is 4.58. The van der Waals surface area contributed by atoms with Gasteiger partial charge in [0.1, 0.15) is 11.9 Å². The van der Waals surface area contributed by atoms with Gasteiger partial charge in [0.05, 0.1) is 12.7 Å². The lowest BCUT2D eigenvalue weighted by Crippen LogP contribution is -2.33. The molecule has 0 aromatic heterocycles. The molecule has 1 saturated heterocycles. The van der Waals surface area contributed by atoms with Crippen molar-refractivity contribution in [3.63, 3.8) is 0 Å². The number of hydrogen-bond donors (Lipinski definition) is 3. The predicted octanol–water partition coefficient (Wildman–Crippen LogP) is 3.66. The average molecular weight is 427 g/mol.